The number of carboxylic acids is 1. The molecule has 10 heteroatoms. The number of carboxylic acid groups (broad SMARTS) is 1. The first-order chi connectivity index (χ1) is 11.7. The number of nitrogens with one attached hydrogen (secondary N) is 2. The number of rotatable bonds is 10. The molecule has 0 aliphatic heterocycles. The van der Waals surface area contributed by atoms with Crippen LogP contribution in [0.25, 0.3) is 0 Å². The van der Waals surface area contributed by atoms with Crippen LogP contribution in [0.5, 0.6) is 0 Å². The second-order valence-electron chi connectivity index (χ2n) is 5.02. The lowest BCUT2D eigenvalue weighted by atomic mass is 10.2. The average Bonchev–Trinajstić information content (AvgIpc) is 2.53. The van der Waals surface area contributed by atoms with Crippen molar-refractivity contribution in [3.63, 3.8) is 0 Å². The van der Waals surface area contributed by atoms with Crippen LogP contribution in [0, 0.1) is 0 Å². The molecule has 0 aliphatic rings. The minimum Gasteiger partial charge on any atom is -0.480 e. The smallest absolute Gasteiger partial charge is 0.328 e. The van der Waals surface area contributed by atoms with Crippen LogP contribution in [0.2, 0.25) is 5.02 Å². The number of sulfonamides is 1. The van der Waals surface area contributed by atoms with Crippen LogP contribution in [-0.2, 0) is 24.3 Å². The molecule has 0 saturated carbocycles. The summed E-state index contributed by atoms with van der Waals surface area (Å²) in [4.78, 5) is 23.1. The van der Waals surface area contributed by atoms with Gasteiger partial charge in [0.05, 0.1) is 24.2 Å². The van der Waals surface area contributed by atoms with Gasteiger partial charge < -0.3 is 15.2 Å². The minimum atomic E-state index is -3.96. The maximum atomic E-state index is 12.2. The quantitative estimate of drug-likeness (QED) is 0.401. The highest BCUT2D eigenvalue weighted by Crippen LogP contribution is 2.14. The number of halogens is 1. The Labute approximate surface area is 150 Å². The Balaban J connectivity index is 2.72. The normalized spacial score (nSPS) is 13.7. The molecule has 25 heavy (non-hydrogen) atoms. The molecule has 8 nitrogen and oxygen atoms in total. The maximum Gasteiger partial charge on any atom is 0.328 e. The zero-order valence-electron chi connectivity index (χ0n) is 13.4. The van der Waals surface area contributed by atoms with Crippen LogP contribution in [0.15, 0.2) is 41.8 Å². The fourth-order valence-corrected chi connectivity index (χ4v) is 3.04. The van der Waals surface area contributed by atoms with E-state index in [2.05, 4.69) is 16.6 Å². The number of hydrogen-bond donors (Lipinski definition) is 3. The highest BCUT2D eigenvalue weighted by Gasteiger charge is 2.26. The van der Waals surface area contributed by atoms with E-state index in [0.717, 1.165) is 0 Å². The van der Waals surface area contributed by atoms with Crippen molar-refractivity contribution in [1.29, 1.82) is 0 Å². The Hall–Kier alpha value is -1.94. The zero-order valence-corrected chi connectivity index (χ0v) is 15.0. The molecule has 1 aromatic carbocycles. The molecule has 2 atom stereocenters. The zero-order chi connectivity index (χ0) is 19.0. The number of carbonyl (C=O) groups is 2. The summed E-state index contributed by atoms with van der Waals surface area (Å²) in [7, 11) is -3.96. The summed E-state index contributed by atoms with van der Waals surface area (Å²) in [5.41, 5.74) is 0. The SMILES string of the molecule is C=CCOCC(NC(=O)C(C)NS(=O)(=O)c1ccc(Cl)cc1)C(=O)O. The van der Waals surface area contributed by atoms with E-state index in [1.54, 1.807) is 0 Å². The average molecular weight is 391 g/mol. The van der Waals surface area contributed by atoms with E-state index in [1.165, 1.54) is 37.3 Å². The Morgan fingerprint density at radius 1 is 1.36 bits per heavy atom. The van der Waals surface area contributed by atoms with Crippen LogP contribution in [0.3, 0.4) is 0 Å². The van der Waals surface area contributed by atoms with Gasteiger partial charge in [-0.05, 0) is 31.2 Å². The van der Waals surface area contributed by atoms with Crippen LogP contribution >= 0.6 is 11.6 Å². The Kier molecular flexibility index (Phi) is 8.04. The fourth-order valence-electron chi connectivity index (χ4n) is 1.71. The number of benzene rings is 1. The molecule has 0 saturated heterocycles. The van der Waals surface area contributed by atoms with Gasteiger partial charge >= 0.3 is 5.97 Å². The Morgan fingerprint density at radius 2 is 1.96 bits per heavy atom. The van der Waals surface area contributed by atoms with E-state index in [9.17, 15) is 18.0 Å². The van der Waals surface area contributed by atoms with Crippen LogP contribution in [0.4, 0.5) is 0 Å². The molecule has 0 bridgehead atoms. The van der Waals surface area contributed by atoms with E-state index < -0.39 is 34.0 Å². The van der Waals surface area contributed by atoms with Gasteiger partial charge in [0.2, 0.25) is 15.9 Å². The third kappa shape index (κ3) is 6.83. The standard InChI is InChI=1S/C15H19ClN2O6S/c1-3-8-24-9-13(15(20)21)17-14(19)10(2)18-25(22,23)12-6-4-11(16)5-7-12/h3-7,10,13,18H,1,8-9H2,2H3,(H,17,19)(H,20,21). The summed E-state index contributed by atoms with van der Waals surface area (Å²) in [5, 5.41) is 11.6. The highest BCUT2D eigenvalue weighted by atomic mass is 35.5. The molecule has 0 aromatic heterocycles. The Morgan fingerprint density at radius 3 is 2.48 bits per heavy atom. The van der Waals surface area contributed by atoms with E-state index in [1.807, 2.05) is 0 Å². The largest absolute Gasteiger partial charge is 0.480 e. The van der Waals surface area contributed by atoms with Crippen molar-refractivity contribution in [3.8, 4) is 0 Å². The van der Waals surface area contributed by atoms with E-state index in [-0.39, 0.29) is 18.1 Å². The number of carbonyl (C=O) groups excluding carboxylic acids is 1. The van der Waals surface area contributed by atoms with E-state index >= 15 is 0 Å². The van der Waals surface area contributed by atoms with Gasteiger partial charge in [-0.25, -0.2) is 13.2 Å². The number of amides is 1. The van der Waals surface area contributed by atoms with Crippen molar-refractivity contribution < 1.29 is 27.9 Å². The van der Waals surface area contributed by atoms with Crippen LogP contribution in [0.1, 0.15) is 6.92 Å². The molecule has 138 valence electrons. The molecular formula is C15H19ClN2O6S. The molecule has 2 unspecified atom stereocenters. The lowest BCUT2D eigenvalue weighted by molar-refractivity contribution is -0.143. The molecule has 0 aliphatic carbocycles. The summed E-state index contributed by atoms with van der Waals surface area (Å²) in [6.07, 6.45) is 1.43. The fraction of sp³-hybridized carbons (Fsp3) is 0.333. The second kappa shape index (κ2) is 9.52. The molecule has 0 heterocycles. The van der Waals surface area contributed by atoms with E-state index in [0.29, 0.717) is 5.02 Å². The first kappa shape index (κ1) is 21.1. The monoisotopic (exact) mass is 390 g/mol. The van der Waals surface area contributed by atoms with Gasteiger partial charge in [0.15, 0.2) is 6.04 Å². The van der Waals surface area contributed by atoms with Crippen molar-refractivity contribution in [2.45, 2.75) is 23.9 Å². The van der Waals surface area contributed by atoms with Gasteiger partial charge in [0, 0.05) is 5.02 Å². The van der Waals surface area contributed by atoms with Crippen molar-refractivity contribution >= 4 is 33.5 Å². The van der Waals surface area contributed by atoms with Crippen molar-refractivity contribution in [3.05, 3.63) is 41.9 Å². The van der Waals surface area contributed by atoms with Gasteiger partial charge in [0.1, 0.15) is 0 Å². The van der Waals surface area contributed by atoms with Gasteiger partial charge in [-0.15, -0.1) is 6.58 Å². The Bertz CT molecular complexity index is 720. The molecule has 1 amide bonds. The lowest BCUT2D eigenvalue weighted by Gasteiger charge is -2.18. The second-order valence-corrected chi connectivity index (χ2v) is 7.17. The summed E-state index contributed by atoms with van der Waals surface area (Å²) in [5.74, 6) is -2.10. The molecule has 0 radical (unpaired) electrons. The number of hydrogen-bond acceptors (Lipinski definition) is 5. The third-order valence-electron chi connectivity index (χ3n) is 2.98. The summed E-state index contributed by atoms with van der Waals surface area (Å²) >= 11 is 5.70. The third-order valence-corrected chi connectivity index (χ3v) is 4.79. The lowest BCUT2D eigenvalue weighted by Crippen LogP contribution is -2.51. The van der Waals surface area contributed by atoms with Gasteiger partial charge in [-0.2, -0.15) is 4.72 Å². The molecule has 0 fully saturated rings. The summed E-state index contributed by atoms with van der Waals surface area (Å²) in [6.45, 7) is 4.57. The van der Waals surface area contributed by atoms with Crippen molar-refractivity contribution in [2.75, 3.05) is 13.2 Å². The molecular weight excluding hydrogens is 372 g/mol. The maximum absolute atomic E-state index is 12.2. The topological polar surface area (TPSA) is 122 Å². The first-order valence-electron chi connectivity index (χ1n) is 7.17. The predicted molar refractivity (Wildman–Crippen MR) is 91.8 cm³/mol. The van der Waals surface area contributed by atoms with Gasteiger partial charge in [-0.1, -0.05) is 17.7 Å². The number of ether oxygens (including phenoxy) is 1. The molecule has 0 spiro atoms. The van der Waals surface area contributed by atoms with Gasteiger partial charge in [0.25, 0.3) is 0 Å². The van der Waals surface area contributed by atoms with Gasteiger partial charge in [-0.3, -0.25) is 4.79 Å². The summed E-state index contributed by atoms with van der Waals surface area (Å²) in [6, 6.07) is 2.88. The van der Waals surface area contributed by atoms with Crippen LogP contribution in [-0.4, -0.2) is 50.7 Å². The van der Waals surface area contributed by atoms with Crippen molar-refractivity contribution in [1.82, 2.24) is 10.0 Å². The van der Waals surface area contributed by atoms with E-state index in [4.69, 9.17) is 21.4 Å². The summed E-state index contributed by atoms with van der Waals surface area (Å²) < 4.78 is 31.6. The molecule has 1 aromatic rings. The van der Waals surface area contributed by atoms with Crippen LogP contribution < -0.4 is 10.0 Å². The molecule has 1 rings (SSSR count). The highest BCUT2D eigenvalue weighted by molar-refractivity contribution is 7.89. The minimum absolute atomic E-state index is 0.0688. The number of aliphatic carboxylic acids is 1. The first-order valence-corrected chi connectivity index (χ1v) is 9.03. The molecule has 3 N–H and O–H groups in total. The van der Waals surface area contributed by atoms with Crippen molar-refractivity contribution in [2.24, 2.45) is 0 Å². The predicted octanol–water partition coefficient (Wildman–Crippen LogP) is 0.779.